The van der Waals surface area contributed by atoms with Gasteiger partial charge < -0.3 is 9.80 Å². The largest absolute Gasteiger partial charge is 0.335 e. The molecule has 0 bridgehead atoms. The van der Waals surface area contributed by atoms with Crippen molar-refractivity contribution in [2.45, 2.75) is 5.37 Å². The van der Waals surface area contributed by atoms with E-state index in [1.54, 1.807) is 23.1 Å². The summed E-state index contributed by atoms with van der Waals surface area (Å²) in [4.78, 5) is 31.8. The van der Waals surface area contributed by atoms with E-state index >= 15 is 0 Å². The Morgan fingerprint density at radius 2 is 1.96 bits per heavy atom. The van der Waals surface area contributed by atoms with Crippen LogP contribution in [0.5, 0.6) is 0 Å². The summed E-state index contributed by atoms with van der Waals surface area (Å²) in [6, 6.07) is 5.92. The molecule has 0 saturated carbocycles. The lowest BCUT2D eigenvalue weighted by molar-refractivity contribution is -0.128. The number of hydrogen-bond donors (Lipinski definition) is 0. The van der Waals surface area contributed by atoms with E-state index < -0.39 is 0 Å². The maximum absolute atomic E-state index is 12.4. The zero-order valence-electron chi connectivity index (χ0n) is 14.4. The van der Waals surface area contributed by atoms with E-state index in [0.717, 1.165) is 44.1 Å². The Morgan fingerprint density at radius 3 is 2.65 bits per heavy atom. The van der Waals surface area contributed by atoms with Gasteiger partial charge in [-0.3, -0.25) is 14.5 Å². The van der Waals surface area contributed by atoms with Crippen molar-refractivity contribution in [1.82, 2.24) is 14.7 Å². The summed E-state index contributed by atoms with van der Waals surface area (Å²) in [5, 5.41) is 6.31. The highest BCUT2D eigenvalue weighted by Gasteiger charge is 2.33. The van der Waals surface area contributed by atoms with Crippen molar-refractivity contribution in [2.24, 2.45) is 0 Å². The van der Waals surface area contributed by atoms with E-state index in [4.69, 9.17) is 0 Å². The number of carbonyl (C=O) groups is 2. The summed E-state index contributed by atoms with van der Waals surface area (Å²) in [5.41, 5.74) is 1.23. The molecule has 2 amide bonds. The number of hydrogen-bond acceptors (Lipinski definition) is 6. The third kappa shape index (κ3) is 3.83. The van der Waals surface area contributed by atoms with E-state index in [1.165, 1.54) is 16.9 Å². The van der Waals surface area contributed by atoms with Gasteiger partial charge in [-0.1, -0.05) is 6.07 Å². The van der Waals surface area contributed by atoms with Gasteiger partial charge in [0.15, 0.2) is 0 Å². The average molecular weight is 408 g/mol. The predicted molar refractivity (Wildman–Crippen MR) is 108 cm³/mol. The smallest absolute Gasteiger partial charge is 0.264 e. The lowest BCUT2D eigenvalue weighted by Gasteiger charge is -2.35. The van der Waals surface area contributed by atoms with Gasteiger partial charge in [0, 0.05) is 39.3 Å². The molecule has 0 aromatic carbocycles. The van der Waals surface area contributed by atoms with E-state index in [0.29, 0.717) is 5.75 Å². The first-order chi connectivity index (χ1) is 12.7. The molecule has 0 aliphatic carbocycles. The SMILES string of the molecule is O=C(c1cccs1)N1CCN(CCN2C(=O)CS[C@H]2c2ccsc2)CC1. The molecule has 0 unspecified atom stereocenters. The monoisotopic (exact) mass is 407 g/mol. The van der Waals surface area contributed by atoms with Crippen LogP contribution >= 0.6 is 34.4 Å². The molecule has 4 rings (SSSR count). The summed E-state index contributed by atoms with van der Waals surface area (Å²) in [6.45, 7) is 4.88. The Morgan fingerprint density at radius 1 is 1.12 bits per heavy atom. The number of nitrogens with zero attached hydrogens (tertiary/aromatic N) is 3. The first-order valence-electron chi connectivity index (χ1n) is 8.70. The second kappa shape index (κ2) is 8.12. The van der Waals surface area contributed by atoms with Crippen LogP contribution in [0.4, 0.5) is 0 Å². The maximum Gasteiger partial charge on any atom is 0.264 e. The van der Waals surface area contributed by atoms with E-state index in [9.17, 15) is 9.59 Å². The summed E-state index contributed by atoms with van der Waals surface area (Å²) in [5.74, 6) is 0.949. The number of amides is 2. The van der Waals surface area contributed by atoms with Crippen molar-refractivity contribution < 1.29 is 9.59 Å². The molecule has 5 nitrogen and oxygen atoms in total. The molecule has 0 radical (unpaired) electrons. The van der Waals surface area contributed by atoms with Gasteiger partial charge in [0.2, 0.25) is 5.91 Å². The minimum atomic E-state index is 0.142. The lowest BCUT2D eigenvalue weighted by Crippen LogP contribution is -2.50. The van der Waals surface area contributed by atoms with Crippen LogP contribution in [0.2, 0.25) is 0 Å². The van der Waals surface area contributed by atoms with Crippen LogP contribution in [0.3, 0.4) is 0 Å². The Bertz CT molecular complexity index is 740. The highest BCUT2D eigenvalue weighted by Crippen LogP contribution is 2.39. The van der Waals surface area contributed by atoms with Crippen LogP contribution < -0.4 is 0 Å². The van der Waals surface area contributed by atoms with Gasteiger partial charge in [0.05, 0.1) is 10.6 Å². The third-order valence-corrected chi connectivity index (χ3v) is 7.66. The Labute approximate surface area is 165 Å². The molecule has 8 heteroatoms. The van der Waals surface area contributed by atoms with E-state index in [1.807, 2.05) is 27.3 Å². The van der Waals surface area contributed by atoms with Crippen molar-refractivity contribution in [3.8, 4) is 0 Å². The van der Waals surface area contributed by atoms with Crippen molar-refractivity contribution in [3.05, 3.63) is 44.8 Å². The summed E-state index contributed by atoms with van der Waals surface area (Å²) < 4.78 is 0. The fourth-order valence-electron chi connectivity index (χ4n) is 3.37. The Balaban J connectivity index is 1.28. The lowest BCUT2D eigenvalue weighted by atomic mass is 10.2. The van der Waals surface area contributed by atoms with Crippen molar-refractivity contribution in [2.75, 3.05) is 45.0 Å². The van der Waals surface area contributed by atoms with Crippen LogP contribution in [0.15, 0.2) is 34.3 Å². The molecular formula is C18H21N3O2S3. The molecule has 2 aromatic rings. The standard InChI is InChI=1S/C18H21N3O2S3/c22-16-13-26-18(14-3-11-24-12-14)21(16)9-6-19-4-7-20(8-5-19)17(23)15-2-1-10-25-15/h1-3,10-12,18H,4-9,13H2/t18-/m0/s1. The van der Waals surface area contributed by atoms with Crippen LogP contribution in [-0.2, 0) is 4.79 Å². The fraction of sp³-hybridized carbons (Fsp3) is 0.444. The molecule has 0 spiro atoms. The van der Waals surface area contributed by atoms with Gasteiger partial charge in [-0.15, -0.1) is 23.1 Å². The first kappa shape index (κ1) is 18.0. The third-order valence-electron chi connectivity index (χ3n) is 4.85. The Hall–Kier alpha value is -1.35. The molecule has 2 saturated heterocycles. The normalized spacial score (nSPS) is 21.5. The second-order valence-corrected chi connectivity index (χ2v) is 9.21. The molecule has 0 N–H and O–H groups in total. The molecule has 2 fully saturated rings. The van der Waals surface area contributed by atoms with Gasteiger partial charge >= 0.3 is 0 Å². The van der Waals surface area contributed by atoms with Crippen molar-refractivity contribution >= 4 is 46.2 Å². The van der Waals surface area contributed by atoms with Gasteiger partial charge in [-0.05, 0) is 33.8 Å². The van der Waals surface area contributed by atoms with Crippen LogP contribution in [0.1, 0.15) is 20.6 Å². The van der Waals surface area contributed by atoms with Gasteiger partial charge in [-0.25, -0.2) is 0 Å². The molecule has 2 aliphatic rings. The van der Waals surface area contributed by atoms with Crippen molar-refractivity contribution in [3.63, 3.8) is 0 Å². The van der Waals surface area contributed by atoms with Crippen molar-refractivity contribution in [1.29, 1.82) is 0 Å². The highest BCUT2D eigenvalue weighted by molar-refractivity contribution is 8.00. The molecule has 4 heterocycles. The first-order valence-corrected chi connectivity index (χ1v) is 11.6. The molecule has 1 atom stereocenters. The maximum atomic E-state index is 12.4. The van der Waals surface area contributed by atoms with Crippen LogP contribution in [0, 0.1) is 0 Å². The molecular weight excluding hydrogens is 386 g/mol. The van der Waals surface area contributed by atoms with E-state index in [2.05, 4.69) is 21.7 Å². The van der Waals surface area contributed by atoms with Gasteiger partial charge in [-0.2, -0.15) is 11.3 Å². The average Bonchev–Trinajstić information content (AvgIpc) is 3.42. The molecule has 2 aliphatic heterocycles. The van der Waals surface area contributed by atoms with Crippen LogP contribution in [-0.4, -0.2) is 71.5 Å². The summed E-state index contributed by atoms with van der Waals surface area (Å²) >= 11 is 4.90. The highest BCUT2D eigenvalue weighted by atomic mass is 32.2. The van der Waals surface area contributed by atoms with E-state index in [-0.39, 0.29) is 17.2 Å². The zero-order chi connectivity index (χ0) is 17.9. The number of thiophene rings is 2. The fourth-order valence-corrected chi connectivity index (χ4v) is 6.03. The van der Waals surface area contributed by atoms with Gasteiger partial charge in [0.25, 0.3) is 5.91 Å². The second-order valence-electron chi connectivity index (χ2n) is 6.42. The predicted octanol–water partition coefficient (Wildman–Crippen LogP) is 2.84. The molecule has 138 valence electrons. The minimum absolute atomic E-state index is 0.142. The Kier molecular flexibility index (Phi) is 5.63. The summed E-state index contributed by atoms with van der Waals surface area (Å²) in [7, 11) is 0. The van der Waals surface area contributed by atoms with Gasteiger partial charge in [0.1, 0.15) is 5.37 Å². The topological polar surface area (TPSA) is 43.9 Å². The number of carbonyl (C=O) groups excluding carboxylic acids is 2. The number of piperazine rings is 1. The zero-order valence-corrected chi connectivity index (χ0v) is 16.8. The number of rotatable bonds is 5. The minimum Gasteiger partial charge on any atom is -0.335 e. The number of thioether (sulfide) groups is 1. The molecule has 26 heavy (non-hydrogen) atoms. The summed E-state index contributed by atoms with van der Waals surface area (Å²) in [6.07, 6.45) is 0. The molecule has 2 aromatic heterocycles. The quantitative estimate of drug-likeness (QED) is 0.765. The van der Waals surface area contributed by atoms with Crippen LogP contribution in [0.25, 0.3) is 0 Å².